The second-order valence-corrected chi connectivity index (χ2v) is 5.64. The Morgan fingerprint density at radius 1 is 1.30 bits per heavy atom. The molecule has 1 aliphatic rings. The molecule has 2 aromatic rings. The molecule has 0 saturated heterocycles. The van der Waals surface area contributed by atoms with Gasteiger partial charge in [0.05, 0.1) is 10.9 Å². The maximum absolute atomic E-state index is 6.15. The number of nitrogen functional groups attached to an aromatic ring is 1. The second kappa shape index (κ2) is 5.65. The Morgan fingerprint density at radius 2 is 2.20 bits per heavy atom. The minimum Gasteiger partial charge on any atom is -0.474 e. The fourth-order valence-corrected chi connectivity index (χ4v) is 3.02. The molecule has 3 rings (SSSR count). The lowest BCUT2D eigenvalue weighted by Crippen LogP contribution is -2.25. The Bertz CT molecular complexity index is 599. The van der Waals surface area contributed by atoms with Gasteiger partial charge in [-0.3, -0.25) is 0 Å². The molecule has 0 radical (unpaired) electrons. The van der Waals surface area contributed by atoms with E-state index in [1.807, 2.05) is 18.2 Å². The van der Waals surface area contributed by atoms with Crippen molar-refractivity contribution in [1.29, 1.82) is 0 Å². The smallest absolute Gasteiger partial charge is 0.224 e. The molecule has 1 fully saturated rings. The van der Waals surface area contributed by atoms with E-state index in [9.17, 15) is 0 Å². The van der Waals surface area contributed by atoms with Gasteiger partial charge in [0.1, 0.15) is 12.4 Å². The summed E-state index contributed by atoms with van der Waals surface area (Å²) < 4.78 is 6.15. The van der Waals surface area contributed by atoms with Crippen LogP contribution in [0.4, 0.5) is 5.69 Å². The third kappa shape index (κ3) is 2.69. The number of nitrogens with zero attached hydrogens (tertiary/aromatic N) is 2. The van der Waals surface area contributed by atoms with E-state index < -0.39 is 0 Å². The Hall–Kier alpha value is -1.84. The van der Waals surface area contributed by atoms with Crippen LogP contribution in [0.25, 0.3) is 10.9 Å². The molecule has 0 aliphatic heterocycles. The van der Waals surface area contributed by atoms with Gasteiger partial charge in [0.15, 0.2) is 0 Å². The van der Waals surface area contributed by atoms with Crippen LogP contribution in [0.1, 0.15) is 39.0 Å². The van der Waals surface area contributed by atoms with E-state index in [2.05, 4.69) is 16.9 Å². The summed E-state index contributed by atoms with van der Waals surface area (Å²) in [6.07, 6.45) is 7.91. The normalized spacial score (nSPS) is 22.9. The van der Waals surface area contributed by atoms with E-state index >= 15 is 0 Å². The van der Waals surface area contributed by atoms with E-state index in [1.165, 1.54) is 19.3 Å². The van der Waals surface area contributed by atoms with Crippen molar-refractivity contribution in [3.05, 3.63) is 24.5 Å². The molecule has 1 aliphatic carbocycles. The van der Waals surface area contributed by atoms with Crippen molar-refractivity contribution in [3.63, 3.8) is 0 Å². The number of hydrogen-bond donors (Lipinski definition) is 1. The first-order valence-electron chi connectivity index (χ1n) is 7.43. The van der Waals surface area contributed by atoms with Gasteiger partial charge >= 0.3 is 0 Å². The average Bonchev–Trinajstić information content (AvgIpc) is 2.47. The molecular formula is C16H21N3O. The Labute approximate surface area is 119 Å². The molecule has 106 valence electrons. The fourth-order valence-electron chi connectivity index (χ4n) is 3.02. The summed E-state index contributed by atoms with van der Waals surface area (Å²) in [6.45, 7) is 2.26. The van der Waals surface area contributed by atoms with Crippen LogP contribution in [0.3, 0.4) is 0 Å². The molecule has 0 spiro atoms. The molecule has 1 heterocycles. The van der Waals surface area contributed by atoms with Gasteiger partial charge in [0.2, 0.25) is 5.88 Å². The van der Waals surface area contributed by atoms with Crippen molar-refractivity contribution in [2.45, 2.75) is 45.1 Å². The highest BCUT2D eigenvalue weighted by Gasteiger charge is 2.23. The lowest BCUT2D eigenvalue weighted by molar-refractivity contribution is 0.119. The Kier molecular flexibility index (Phi) is 3.72. The minimum atomic E-state index is 0.282. The summed E-state index contributed by atoms with van der Waals surface area (Å²) in [7, 11) is 0. The van der Waals surface area contributed by atoms with Gasteiger partial charge in [-0.15, -0.1) is 0 Å². The summed E-state index contributed by atoms with van der Waals surface area (Å²) in [4.78, 5) is 8.56. The van der Waals surface area contributed by atoms with Crippen molar-refractivity contribution in [2.24, 2.45) is 5.92 Å². The Morgan fingerprint density at radius 3 is 3.05 bits per heavy atom. The van der Waals surface area contributed by atoms with Crippen LogP contribution >= 0.6 is 0 Å². The Balaban J connectivity index is 1.83. The van der Waals surface area contributed by atoms with Gasteiger partial charge in [-0.05, 0) is 43.4 Å². The van der Waals surface area contributed by atoms with Crippen molar-refractivity contribution >= 4 is 16.6 Å². The zero-order chi connectivity index (χ0) is 13.9. The zero-order valence-corrected chi connectivity index (χ0v) is 11.9. The summed E-state index contributed by atoms with van der Waals surface area (Å²) >= 11 is 0. The molecule has 2 N–H and O–H groups in total. The van der Waals surface area contributed by atoms with Crippen molar-refractivity contribution in [2.75, 3.05) is 5.73 Å². The fraction of sp³-hybridized carbons (Fsp3) is 0.500. The molecule has 2 unspecified atom stereocenters. The van der Waals surface area contributed by atoms with E-state index in [0.717, 1.165) is 29.7 Å². The molecule has 1 saturated carbocycles. The first-order valence-corrected chi connectivity index (χ1v) is 7.43. The van der Waals surface area contributed by atoms with Gasteiger partial charge in [-0.1, -0.05) is 19.8 Å². The molecule has 1 aromatic heterocycles. The number of rotatable bonds is 3. The lowest BCUT2D eigenvalue weighted by atomic mass is 9.85. The van der Waals surface area contributed by atoms with Gasteiger partial charge < -0.3 is 10.5 Å². The molecule has 4 heteroatoms. The van der Waals surface area contributed by atoms with Crippen LogP contribution < -0.4 is 10.5 Å². The van der Waals surface area contributed by atoms with Gasteiger partial charge in [0.25, 0.3) is 0 Å². The predicted molar refractivity (Wildman–Crippen MR) is 80.6 cm³/mol. The number of anilines is 1. The minimum absolute atomic E-state index is 0.282. The molecule has 0 amide bonds. The van der Waals surface area contributed by atoms with Crippen molar-refractivity contribution in [1.82, 2.24) is 9.97 Å². The van der Waals surface area contributed by atoms with Gasteiger partial charge in [-0.2, -0.15) is 0 Å². The first-order chi connectivity index (χ1) is 9.76. The molecular weight excluding hydrogens is 250 g/mol. The summed E-state index contributed by atoms with van der Waals surface area (Å²) in [5.41, 5.74) is 7.35. The maximum atomic E-state index is 6.15. The molecule has 1 aromatic carbocycles. The van der Waals surface area contributed by atoms with Crippen LogP contribution in [-0.4, -0.2) is 16.1 Å². The van der Waals surface area contributed by atoms with Crippen LogP contribution in [0.2, 0.25) is 0 Å². The number of aromatic nitrogens is 2. The topological polar surface area (TPSA) is 61.0 Å². The van der Waals surface area contributed by atoms with E-state index in [-0.39, 0.29) is 6.10 Å². The molecule has 0 bridgehead atoms. The zero-order valence-electron chi connectivity index (χ0n) is 11.9. The largest absolute Gasteiger partial charge is 0.474 e. The number of ether oxygens (including phenoxy) is 1. The lowest BCUT2D eigenvalue weighted by Gasteiger charge is -2.28. The highest BCUT2D eigenvalue weighted by molar-refractivity contribution is 5.85. The standard InChI is InChI=1S/C16H21N3O/c1-2-11-4-3-5-13(8-11)20-16-14-7-6-12(17)9-15(14)18-10-19-16/h6-7,9-11,13H,2-5,8,17H2,1H3. The predicted octanol–water partition coefficient (Wildman–Crippen LogP) is 3.56. The molecule has 4 nitrogen and oxygen atoms in total. The number of hydrogen-bond acceptors (Lipinski definition) is 4. The average molecular weight is 271 g/mol. The van der Waals surface area contributed by atoms with E-state index in [0.29, 0.717) is 11.6 Å². The molecule has 2 atom stereocenters. The highest BCUT2D eigenvalue weighted by atomic mass is 16.5. The summed E-state index contributed by atoms with van der Waals surface area (Å²) in [5, 5.41) is 0.945. The van der Waals surface area contributed by atoms with Crippen LogP contribution in [0.5, 0.6) is 5.88 Å². The third-order valence-corrected chi connectivity index (χ3v) is 4.21. The first kappa shape index (κ1) is 13.2. The number of benzene rings is 1. The van der Waals surface area contributed by atoms with Gasteiger partial charge in [-0.25, -0.2) is 9.97 Å². The number of fused-ring (bicyclic) bond motifs is 1. The van der Waals surface area contributed by atoms with E-state index in [1.54, 1.807) is 6.33 Å². The van der Waals surface area contributed by atoms with Crippen LogP contribution in [-0.2, 0) is 0 Å². The van der Waals surface area contributed by atoms with Crippen molar-refractivity contribution < 1.29 is 4.74 Å². The third-order valence-electron chi connectivity index (χ3n) is 4.21. The maximum Gasteiger partial charge on any atom is 0.224 e. The SMILES string of the molecule is CCC1CCCC(Oc2ncnc3cc(N)ccc23)C1. The van der Waals surface area contributed by atoms with Crippen LogP contribution in [0.15, 0.2) is 24.5 Å². The number of nitrogens with two attached hydrogens (primary N) is 1. The van der Waals surface area contributed by atoms with Gasteiger partial charge in [0, 0.05) is 5.69 Å². The monoisotopic (exact) mass is 271 g/mol. The quantitative estimate of drug-likeness (QED) is 0.867. The highest BCUT2D eigenvalue weighted by Crippen LogP contribution is 2.31. The van der Waals surface area contributed by atoms with Crippen molar-refractivity contribution in [3.8, 4) is 5.88 Å². The van der Waals surface area contributed by atoms with Crippen LogP contribution in [0, 0.1) is 5.92 Å². The summed E-state index contributed by atoms with van der Waals surface area (Å²) in [6, 6.07) is 5.67. The molecule has 20 heavy (non-hydrogen) atoms. The second-order valence-electron chi connectivity index (χ2n) is 5.64. The summed E-state index contributed by atoms with van der Waals surface area (Å²) in [5.74, 6) is 1.48. The van der Waals surface area contributed by atoms with E-state index in [4.69, 9.17) is 10.5 Å².